The Morgan fingerprint density at radius 1 is 1.45 bits per heavy atom. The van der Waals surface area contributed by atoms with Crippen molar-refractivity contribution in [1.82, 2.24) is 5.32 Å². The molecule has 0 saturated heterocycles. The summed E-state index contributed by atoms with van der Waals surface area (Å²) in [5.41, 5.74) is 5.50. The number of carbonyl (C=O) groups is 1. The van der Waals surface area contributed by atoms with Gasteiger partial charge in [0.2, 0.25) is 5.91 Å². The van der Waals surface area contributed by atoms with Gasteiger partial charge < -0.3 is 11.1 Å². The van der Waals surface area contributed by atoms with E-state index in [1.807, 2.05) is 6.92 Å². The lowest BCUT2D eigenvalue weighted by Crippen LogP contribution is -2.38. The number of hydrogen-bond acceptors (Lipinski definition) is 4. The molecule has 0 bridgehead atoms. The van der Waals surface area contributed by atoms with Gasteiger partial charge in [0.25, 0.3) is 0 Å². The molecule has 1 aromatic carbocycles. The van der Waals surface area contributed by atoms with Crippen molar-refractivity contribution in [2.75, 3.05) is 12.3 Å². The van der Waals surface area contributed by atoms with Crippen molar-refractivity contribution >= 4 is 21.4 Å². The molecule has 112 valence electrons. The monoisotopic (exact) mass is 302 g/mol. The maximum atomic E-state index is 13.7. The van der Waals surface area contributed by atoms with E-state index in [0.29, 0.717) is 6.54 Å². The molecule has 5 nitrogen and oxygen atoms in total. The smallest absolute Gasteiger partial charge is 0.238 e. The van der Waals surface area contributed by atoms with E-state index >= 15 is 0 Å². The molecule has 0 fully saturated rings. The van der Waals surface area contributed by atoms with Gasteiger partial charge in [-0.1, -0.05) is 13.3 Å². The highest BCUT2D eigenvalue weighted by Gasteiger charge is 2.31. The number of carbonyl (C=O) groups excluding carboxylic acids is 1. The van der Waals surface area contributed by atoms with Crippen LogP contribution >= 0.6 is 0 Å². The number of rotatable bonds is 6. The Morgan fingerprint density at radius 2 is 2.10 bits per heavy atom. The number of sulfone groups is 1. The number of nitrogens with one attached hydrogen (secondary N) is 1. The van der Waals surface area contributed by atoms with Gasteiger partial charge in [0, 0.05) is 12.2 Å². The summed E-state index contributed by atoms with van der Waals surface area (Å²) in [5.74, 6) is -1.58. The van der Waals surface area contributed by atoms with Gasteiger partial charge in [-0.2, -0.15) is 0 Å². The highest BCUT2D eigenvalue weighted by molar-refractivity contribution is 7.92. The second-order valence-electron chi connectivity index (χ2n) is 4.52. The molecule has 0 radical (unpaired) electrons. The minimum Gasteiger partial charge on any atom is -0.399 e. The Hall–Kier alpha value is -1.63. The van der Waals surface area contributed by atoms with Gasteiger partial charge >= 0.3 is 0 Å². The van der Waals surface area contributed by atoms with Gasteiger partial charge in [-0.15, -0.1) is 0 Å². The first-order chi connectivity index (χ1) is 9.30. The summed E-state index contributed by atoms with van der Waals surface area (Å²) in [4.78, 5) is 11.3. The van der Waals surface area contributed by atoms with Gasteiger partial charge in [0.05, 0.1) is 0 Å². The van der Waals surface area contributed by atoms with Crippen LogP contribution in [0.2, 0.25) is 0 Å². The molecule has 7 heteroatoms. The number of benzene rings is 1. The van der Waals surface area contributed by atoms with Crippen molar-refractivity contribution in [2.24, 2.45) is 0 Å². The third kappa shape index (κ3) is 3.69. The number of halogens is 1. The fraction of sp³-hybridized carbons (Fsp3) is 0.462. The molecule has 3 N–H and O–H groups in total. The number of nitrogen functional groups attached to an aromatic ring is 1. The maximum Gasteiger partial charge on any atom is 0.238 e. The summed E-state index contributed by atoms with van der Waals surface area (Å²) in [7, 11) is -4.07. The van der Waals surface area contributed by atoms with Gasteiger partial charge in [-0.05, 0) is 31.5 Å². The molecule has 0 spiro atoms. The van der Waals surface area contributed by atoms with Crippen LogP contribution in [0.1, 0.15) is 26.7 Å². The quantitative estimate of drug-likeness (QED) is 0.615. The van der Waals surface area contributed by atoms with E-state index in [1.165, 1.54) is 13.0 Å². The average molecular weight is 302 g/mol. The number of anilines is 1. The van der Waals surface area contributed by atoms with Crippen molar-refractivity contribution < 1.29 is 17.6 Å². The third-order valence-corrected chi connectivity index (χ3v) is 5.02. The lowest BCUT2D eigenvalue weighted by atomic mass is 10.3. The van der Waals surface area contributed by atoms with Gasteiger partial charge in [0.15, 0.2) is 9.84 Å². The molecule has 0 aliphatic carbocycles. The van der Waals surface area contributed by atoms with E-state index in [2.05, 4.69) is 5.32 Å². The van der Waals surface area contributed by atoms with Gasteiger partial charge in [-0.25, -0.2) is 12.8 Å². The Labute approximate surface area is 118 Å². The van der Waals surface area contributed by atoms with Crippen LogP contribution in [0, 0.1) is 5.82 Å². The third-order valence-electron chi connectivity index (χ3n) is 2.93. The zero-order valence-corrected chi connectivity index (χ0v) is 12.3. The van der Waals surface area contributed by atoms with Crippen molar-refractivity contribution in [3.63, 3.8) is 0 Å². The van der Waals surface area contributed by atoms with E-state index < -0.39 is 31.7 Å². The van der Waals surface area contributed by atoms with E-state index in [4.69, 9.17) is 5.73 Å². The largest absolute Gasteiger partial charge is 0.399 e. The Balaban J connectivity index is 2.95. The molecule has 1 atom stereocenters. The fourth-order valence-corrected chi connectivity index (χ4v) is 2.95. The first kappa shape index (κ1) is 16.4. The number of unbranched alkanes of at least 4 members (excludes halogenated alkanes) is 1. The minimum absolute atomic E-state index is 0.126. The van der Waals surface area contributed by atoms with Crippen molar-refractivity contribution in [3.8, 4) is 0 Å². The van der Waals surface area contributed by atoms with E-state index in [0.717, 1.165) is 25.0 Å². The van der Waals surface area contributed by atoms with Gasteiger partial charge in [-0.3, -0.25) is 4.79 Å². The van der Waals surface area contributed by atoms with Crippen LogP contribution in [-0.2, 0) is 14.6 Å². The minimum atomic E-state index is -4.07. The first-order valence-electron chi connectivity index (χ1n) is 6.37. The Bertz CT molecular complexity index is 587. The normalized spacial score (nSPS) is 12.9. The van der Waals surface area contributed by atoms with E-state index in [1.54, 1.807) is 0 Å². The van der Waals surface area contributed by atoms with E-state index in [9.17, 15) is 17.6 Å². The maximum absolute atomic E-state index is 13.7. The van der Waals surface area contributed by atoms with Crippen LogP contribution in [0.3, 0.4) is 0 Å². The standard InChI is InChI=1S/C13H19FN2O3S/c1-3-4-7-16-13(17)9(2)20(18,19)12-6-5-10(15)8-11(12)14/h5-6,8-9H,3-4,7,15H2,1-2H3,(H,16,17). The molecule has 20 heavy (non-hydrogen) atoms. The molecule has 1 unspecified atom stereocenters. The zero-order chi connectivity index (χ0) is 15.3. The molecular formula is C13H19FN2O3S. The number of amides is 1. The van der Waals surface area contributed by atoms with Crippen LogP contribution in [0.4, 0.5) is 10.1 Å². The number of nitrogens with two attached hydrogens (primary N) is 1. The summed E-state index contributed by atoms with van der Waals surface area (Å²) >= 11 is 0. The Kier molecular flexibility index (Phi) is 5.50. The average Bonchev–Trinajstić information content (AvgIpc) is 2.37. The molecule has 1 amide bonds. The van der Waals surface area contributed by atoms with Crippen LogP contribution in [0.5, 0.6) is 0 Å². The van der Waals surface area contributed by atoms with E-state index in [-0.39, 0.29) is 5.69 Å². The van der Waals surface area contributed by atoms with Crippen LogP contribution in [0.25, 0.3) is 0 Å². The summed E-state index contributed by atoms with van der Waals surface area (Å²) in [5, 5.41) is 1.18. The molecule has 1 rings (SSSR count). The van der Waals surface area contributed by atoms with Crippen LogP contribution < -0.4 is 11.1 Å². The van der Waals surface area contributed by atoms with Crippen molar-refractivity contribution in [3.05, 3.63) is 24.0 Å². The topological polar surface area (TPSA) is 89.3 Å². The first-order valence-corrected chi connectivity index (χ1v) is 7.92. The summed E-state index contributed by atoms with van der Waals surface area (Å²) in [6.07, 6.45) is 1.64. The lowest BCUT2D eigenvalue weighted by molar-refractivity contribution is -0.120. The summed E-state index contributed by atoms with van der Waals surface area (Å²) < 4.78 is 38.1. The Morgan fingerprint density at radius 3 is 2.65 bits per heavy atom. The van der Waals surface area contributed by atoms with Crippen molar-refractivity contribution in [2.45, 2.75) is 36.8 Å². The molecule has 0 aromatic heterocycles. The second-order valence-corrected chi connectivity index (χ2v) is 6.76. The second kappa shape index (κ2) is 6.69. The molecule has 0 aliphatic heterocycles. The molecule has 0 aliphatic rings. The SMILES string of the molecule is CCCCNC(=O)C(C)S(=O)(=O)c1ccc(N)cc1F. The molecule has 0 saturated carbocycles. The zero-order valence-electron chi connectivity index (χ0n) is 11.5. The summed E-state index contributed by atoms with van der Waals surface area (Å²) in [6.45, 7) is 3.60. The lowest BCUT2D eigenvalue weighted by Gasteiger charge is -2.14. The molecular weight excluding hydrogens is 283 g/mol. The number of hydrogen-bond donors (Lipinski definition) is 2. The van der Waals surface area contributed by atoms with Crippen LogP contribution in [0.15, 0.2) is 23.1 Å². The predicted octanol–water partition coefficient (Wildman–Crippen LogP) is 1.49. The predicted molar refractivity (Wildman–Crippen MR) is 75.4 cm³/mol. The van der Waals surface area contributed by atoms with Gasteiger partial charge in [0.1, 0.15) is 16.0 Å². The van der Waals surface area contributed by atoms with Crippen molar-refractivity contribution in [1.29, 1.82) is 0 Å². The summed E-state index contributed by atoms with van der Waals surface area (Å²) in [6, 6.07) is 3.29. The van der Waals surface area contributed by atoms with Crippen LogP contribution in [-0.4, -0.2) is 26.1 Å². The molecule has 0 heterocycles. The highest BCUT2D eigenvalue weighted by Crippen LogP contribution is 2.21. The molecule has 1 aromatic rings. The fourth-order valence-electron chi connectivity index (χ4n) is 1.61. The highest BCUT2D eigenvalue weighted by atomic mass is 32.2.